The first-order valence-corrected chi connectivity index (χ1v) is 7.07. The summed E-state index contributed by atoms with van der Waals surface area (Å²) in [7, 11) is -3.04. The molecule has 6 nitrogen and oxygen atoms in total. The number of piperidine rings is 1. The van der Waals surface area contributed by atoms with Crippen molar-refractivity contribution >= 4 is 15.8 Å². The second kappa shape index (κ2) is 4.06. The molecule has 3 N–H and O–H groups in total. The fraction of sp³-hybridized carbons (Fsp3) is 0.667. The molecule has 0 radical (unpaired) electrons. The molecule has 1 fully saturated rings. The maximum atomic E-state index is 11.3. The van der Waals surface area contributed by atoms with Gasteiger partial charge >= 0.3 is 0 Å². The first kappa shape index (κ1) is 11.4. The van der Waals surface area contributed by atoms with Gasteiger partial charge in [0.1, 0.15) is 5.82 Å². The van der Waals surface area contributed by atoms with E-state index in [-0.39, 0.29) is 0 Å². The topological polar surface area (TPSA) is 92.1 Å². The SMILES string of the molecule is CS(=O)(=O)N1CCC(c2cc(N)n[nH]2)CC1. The molecule has 7 heteroatoms. The summed E-state index contributed by atoms with van der Waals surface area (Å²) in [5.74, 6) is 0.823. The molecular weight excluding hydrogens is 228 g/mol. The van der Waals surface area contributed by atoms with Crippen molar-refractivity contribution in [1.29, 1.82) is 0 Å². The normalized spacial score (nSPS) is 20.1. The maximum Gasteiger partial charge on any atom is 0.211 e. The summed E-state index contributed by atoms with van der Waals surface area (Å²) < 4.78 is 24.2. The summed E-state index contributed by atoms with van der Waals surface area (Å²) >= 11 is 0. The highest BCUT2D eigenvalue weighted by Gasteiger charge is 2.26. The lowest BCUT2D eigenvalue weighted by Crippen LogP contribution is -2.37. The molecule has 1 aliphatic rings. The minimum Gasteiger partial charge on any atom is -0.382 e. The molecule has 16 heavy (non-hydrogen) atoms. The predicted octanol–water partition coefficient (Wildman–Crippen LogP) is 0.131. The zero-order chi connectivity index (χ0) is 11.8. The minimum absolute atomic E-state index is 0.336. The Morgan fingerprint density at radius 3 is 2.56 bits per heavy atom. The van der Waals surface area contributed by atoms with Crippen LogP contribution in [0, 0.1) is 0 Å². The molecule has 1 saturated heterocycles. The molecule has 0 saturated carbocycles. The van der Waals surface area contributed by atoms with Crippen LogP contribution < -0.4 is 5.73 Å². The van der Waals surface area contributed by atoms with Gasteiger partial charge in [0.2, 0.25) is 10.0 Å². The second-order valence-corrected chi connectivity index (χ2v) is 6.17. The van der Waals surface area contributed by atoms with Crippen LogP contribution in [0.2, 0.25) is 0 Å². The molecule has 0 aromatic carbocycles. The third-order valence-electron chi connectivity index (χ3n) is 2.98. The number of rotatable bonds is 2. The quantitative estimate of drug-likeness (QED) is 0.773. The first-order valence-electron chi connectivity index (χ1n) is 5.23. The van der Waals surface area contributed by atoms with E-state index in [1.807, 2.05) is 6.07 Å². The van der Waals surface area contributed by atoms with Crippen LogP contribution in [0.3, 0.4) is 0 Å². The van der Waals surface area contributed by atoms with Crippen molar-refractivity contribution in [2.24, 2.45) is 0 Å². The first-order chi connectivity index (χ1) is 7.47. The molecule has 0 atom stereocenters. The smallest absolute Gasteiger partial charge is 0.211 e. The van der Waals surface area contributed by atoms with Gasteiger partial charge in [-0.15, -0.1) is 0 Å². The summed E-state index contributed by atoms with van der Waals surface area (Å²) in [6.45, 7) is 1.14. The molecule has 2 rings (SSSR count). The molecule has 1 aliphatic heterocycles. The van der Waals surface area contributed by atoms with Crippen molar-refractivity contribution in [3.63, 3.8) is 0 Å². The average Bonchev–Trinajstić information content (AvgIpc) is 2.64. The summed E-state index contributed by atoms with van der Waals surface area (Å²) in [5.41, 5.74) is 6.54. The number of nitrogens with one attached hydrogen (secondary N) is 1. The lowest BCUT2D eigenvalue weighted by molar-refractivity contribution is 0.318. The molecule has 2 heterocycles. The van der Waals surface area contributed by atoms with Crippen LogP contribution in [0.5, 0.6) is 0 Å². The highest BCUT2D eigenvalue weighted by Crippen LogP contribution is 2.28. The molecular formula is C9H16N4O2S. The number of aromatic amines is 1. The van der Waals surface area contributed by atoms with Crippen molar-refractivity contribution < 1.29 is 8.42 Å². The van der Waals surface area contributed by atoms with E-state index in [1.54, 1.807) is 0 Å². The Morgan fingerprint density at radius 2 is 2.12 bits per heavy atom. The van der Waals surface area contributed by atoms with E-state index >= 15 is 0 Å². The molecule has 0 amide bonds. The molecule has 0 spiro atoms. The maximum absolute atomic E-state index is 11.3. The Kier molecular flexibility index (Phi) is 2.90. The Bertz CT molecular complexity index is 460. The number of anilines is 1. The third-order valence-corrected chi connectivity index (χ3v) is 4.28. The van der Waals surface area contributed by atoms with Crippen LogP contribution in [0.15, 0.2) is 6.07 Å². The van der Waals surface area contributed by atoms with Crippen LogP contribution in [-0.2, 0) is 10.0 Å². The Hall–Kier alpha value is -1.08. The largest absolute Gasteiger partial charge is 0.382 e. The van der Waals surface area contributed by atoms with Crippen LogP contribution in [-0.4, -0.2) is 42.3 Å². The number of hydrogen-bond acceptors (Lipinski definition) is 4. The van der Waals surface area contributed by atoms with E-state index in [9.17, 15) is 8.42 Å². The summed E-state index contributed by atoms with van der Waals surface area (Å²) in [6, 6.07) is 1.82. The van der Waals surface area contributed by atoms with E-state index in [1.165, 1.54) is 10.6 Å². The fourth-order valence-electron chi connectivity index (χ4n) is 2.06. The van der Waals surface area contributed by atoms with Crippen molar-refractivity contribution in [1.82, 2.24) is 14.5 Å². The Labute approximate surface area is 94.9 Å². The van der Waals surface area contributed by atoms with Gasteiger partial charge in [0.15, 0.2) is 0 Å². The van der Waals surface area contributed by atoms with E-state index in [4.69, 9.17) is 5.73 Å². The summed E-state index contributed by atoms with van der Waals surface area (Å²) in [6.07, 6.45) is 2.88. The van der Waals surface area contributed by atoms with Crippen LogP contribution >= 0.6 is 0 Å². The average molecular weight is 244 g/mol. The van der Waals surface area contributed by atoms with E-state index in [2.05, 4.69) is 10.2 Å². The number of H-pyrrole nitrogens is 1. The number of hydrogen-bond donors (Lipinski definition) is 2. The second-order valence-electron chi connectivity index (χ2n) is 4.18. The number of aromatic nitrogens is 2. The lowest BCUT2D eigenvalue weighted by atomic mass is 9.95. The summed E-state index contributed by atoms with van der Waals surface area (Å²) in [4.78, 5) is 0. The predicted molar refractivity (Wildman–Crippen MR) is 61.4 cm³/mol. The third kappa shape index (κ3) is 2.35. The lowest BCUT2D eigenvalue weighted by Gasteiger charge is -2.29. The van der Waals surface area contributed by atoms with Gasteiger partial charge in [0.05, 0.1) is 6.26 Å². The standard InChI is InChI=1S/C9H16N4O2S/c1-16(14,15)13-4-2-7(3-5-13)8-6-9(10)12-11-8/h6-7H,2-5H2,1H3,(H3,10,11,12). The summed E-state index contributed by atoms with van der Waals surface area (Å²) in [5, 5.41) is 6.77. The van der Waals surface area contributed by atoms with Gasteiger partial charge in [-0.2, -0.15) is 5.10 Å². The number of nitrogen functional groups attached to an aromatic ring is 1. The fourth-order valence-corrected chi connectivity index (χ4v) is 2.93. The number of nitrogens with zero attached hydrogens (tertiary/aromatic N) is 2. The van der Waals surface area contributed by atoms with Gasteiger partial charge in [-0.05, 0) is 12.8 Å². The Balaban J connectivity index is 2.00. The number of sulfonamides is 1. The van der Waals surface area contributed by atoms with Gasteiger partial charge in [0.25, 0.3) is 0 Å². The highest BCUT2D eigenvalue weighted by molar-refractivity contribution is 7.88. The van der Waals surface area contributed by atoms with Gasteiger partial charge < -0.3 is 5.73 Å². The van der Waals surface area contributed by atoms with E-state index < -0.39 is 10.0 Å². The zero-order valence-corrected chi connectivity index (χ0v) is 10.00. The van der Waals surface area contributed by atoms with Gasteiger partial charge in [-0.3, -0.25) is 5.10 Å². The number of nitrogens with two attached hydrogens (primary N) is 1. The molecule has 0 aliphatic carbocycles. The molecule has 1 aromatic rings. The van der Waals surface area contributed by atoms with Crippen molar-refractivity contribution in [2.75, 3.05) is 25.1 Å². The minimum atomic E-state index is -3.04. The van der Waals surface area contributed by atoms with Crippen molar-refractivity contribution in [3.8, 4) is 0 Å². The Morgan fingerprint density at radius 1 is 1.50 bits per heavy atom. The van der Waals surface area contributed by atoms with Gasteiger partial charge in [-0.1, -0.05) is 0 Å². The van der Waals surface area contributed by atoms with Gasteiger partial charge in [0, 0.05) is 30.8 Å². The van der Waals surface area contributed by atoms with Gasteiger partial charge in [-0.25, -0.2) is 12.7 Å². The van der Waals surface area contributed by atoms with Crippen molar-refractivity contribution in [2.45, 2.75) is 18.8 Å². The van der Waals surface area contributed by atoms with Crippen molar-refractivity contribution in [3.05, 3.63) is 11.8 Å². The molecule has 0 unspecified atom stereocenters. The van der Waals surface area contributed by atoms with E-state index in [0.29, 0.717) is 24.8 Å². The van der Waals surface area contributed by atoms with Crippen LogP contribution in [0.1, 0.15) is 24.5 Å². The van der Waals surface area contributed by atoms with Crippen LogP contribution in [0.25, 0.3) is 0 Å². The molecule has 90 valence electrons. The molecule has 0 bridgehead atoms. The zero-order valence-electron chi connectivity index (χ0n) is 9.18. The van der Waals surface area contributed by atoms with E-state index in [0.717, 1.165) is 18.5 Å². The van der Waals surface area contributed by atoms with Crippen LogP contribution in [0.4, 0.5) is 5.82 Å². The highest BCUT2D eigenvalue weighted by atomic mass is 32.2. The monoisotopic (exact) mass is 244 g/mol. The molecule has 1 aromatic heterocycles.